The first-order valence-electron chi connectivity index (χ1n) is 13.4. The summed E-state index contributed by atoms with van der Waals surface area (Å²) in [5.41, 5.74) is 0. The molecule has 0 saturated carbocycles. The molecule has 0 saturated heterocycles. The van der Waals surface area contributed by atoms with E-state index in [1.54, 1.807) is 0 Å². The van der Waals surface area contributed by atoms with Crippen LogP contribution in [0.4, 0.5) is 0 Å². The maximum Gasteiger partial charge on any atom is 0.305 e. The van der Waals surface area contributed by atoms with E-state index in [1.807, 2.05) is 0 Å². The summed E-state index contributed by atoms with van der Waals surface area (Å²) in [6, 6.07) is 0. The van der Waals surface area contributed by atoms with Gasteiger partial charge in [0.25, 0.3) is 0 Å². The summed E-state index contributed by atoms with van der Waals surface area (Å²) >= 11 is 0. The second-order valence-corrected chi connectivity index (χ2v) is 8.11. The van der Waals surface area contributed by atoms with Crippen molar-refractivity contribution in [3.05, 3.63) is 0 Å². The van der Waals surface area contributed by atoms with Crippen molar-refractivity contribution in [2.24, 2.45) is 0 Å². The predicted octanol–water partition coefficient (Wildman–Crippen LogP) is 3.33. The molecule has 36 heavy (non-hydrogen) atoms. The van der Waals surface area contributed by atoms with Gasteiger partial charge in [0.2, 0.25) is 0 Å². The molecular formula is C26H50O10. The molecular weight excluding hydrogens is 472 g/mol. The van der Waals surface area contributed by atoms with Crippen molar-refractivity contribution in [1.82, 2.24) is 0 Å². The standard InChI is InChI=1S/C26H50O10/c1-3-4-5-6-7-8-9-10-26(28)36-24-22-34-20-18-32-16-14-30-12-11-29-13-15-31-17-19-33-21-23-35-25(2)27/h3-24H2,1-2H3. The fourth-order valence-electron chi connectivity index (χ4n) is 2.96. The van der Waals surface area contributed by atoms with Crippen molar-refractivity contribution in [3.8, 4) is 0 Å². The SMILES string of the molecule is CCCCCCCCCC(=O)OCCOCCOCCOCCOCCOCCOCCOC(C)=O. The van der Waals surface area contributed by atoms with E-state index in [0.29, 0.717) is 85.7 Å². The minimum absolute atomic E-state index is 0.142. The summed E-state index contributed by atoms with van der Waals surface area (Å²) in [7, 11) is 0. The van der Waals surface area contributed by atoms with Crippen LogP contribution in [0.5, 0.6) is 0 Å². The third kappa shape index (κ3) is 30.7. The van der Waals surface area contributed by atoms with E-state index in [9.17, 15) is 9.59 Å². The third-order valence-electron chi connectivity index (χ3n) is 4.87. The summed E-state index contributed by atoms with van der Waals surface area (Å²) in [5.74, 6) is -0.453. The normalized spacial score (nSPS) is 11.1. The smallest absolute Gasteiger partial charge is 0.305 e. The van der Waals surface area contributed by atoms with Crippen LogP contribution < -0.4 is 0 Å². The third-order valence-corrected chi connectivity index (χ3v) is 4.87. The van der Waals surface area contributed by atoms with Crippen molar-refractivity contribution in [2.75, 3.05) is 92.5 Å². The van der Waals surface area contributed by atoms with Gasteiger partial charge in [0, 0.05) is 13.3 Å². The predicted molar refractivity (Wildman–Crippen MR) is 135 cm³/mol. The Bertz CT molecular complexity index is 476. The Balaban J connectivity index is 3.11. The average molecular weight is 523 g/mol. The largest absolute Gasteiger partial charge is 0.463 e. The Morgan fingerprint density at radius 3 is 1.17 bits per heavy atom. The number of hydrogen-bond acceptors (Lipinski definition) is 10. The van der Waals surface area contributed by atoms with Crippen LogP contribution in [-0.4, -0.2) is 104 Å². The summed E-state index contributed by atoms with van der Waals surface area (Å²) < 4.78 is 42.2. The molecule has 10 heteroatoms. The molecule has 0 bridgehead atoms. The number of ether oxygens (including phenoxy) is 8. The van der Waals surface area contributed by atoms with Gasteiger partial charge in [0.15, 0.2) is 0 Å². The fraction of sp³-hybridized carbons (Fsp3) is 0.923. The highest BCUT2D eigenvalue weighted by atomic mass is 16.6. The zero-order valence-corrected chi connectivity index (χ0v) is 22.6. The number of carbonyl (C=O) groups is 2. The van der Waals surface area contributed by atoms with Crippen LogP contribution in [0.3, 0.4) is 0 Å². The van der Waals surface area contributed by atoms with E-state index in [1.165, 1.54) is 39.0 Å². The van der Waals surface area contributed by atoms with Gasteiger partial charge in [0.1, 0.15) is 13.2 Å². The highest BCUT2D eigenvalue weighted by Gasteiger charge is 2.02. The first kappa shape index (κ1) is 34.7. The van der Waals surface area contributed by atoms with E-state index < -0.39 is 0 Å². The molecule has 0 aliphatic carbocycles. The molecule has 0 aliphatic heterocycles. The second-order valence-electron chi connectivity index (χ2n) is 8.11. The zero-order valence-electron chi connectivity index (χ0n) is 22.6. The van der Waals surface area contributed by atoms with Crippen LogP contribution in [0.15, 0.2) is 0 Å². The molecule has 0 aromatic carbocycles. The van der Waals surface area contributed by atoms with Crippen molar-refractivity contribution >= 4 is 11.9 Å². The first-order chi connectivity index (χ1) is 17.7. The van der Waals surface area contributed by atoms with Gasteiger partial charge < -0.3 is 37.9 Å². The van der Waals surface area contributed by atoms with Gasteiger partial charge in [-0.25, -0.2) is 0 Å². The second kappa shape index (κ2) is 29.9. The molecule has 0 fully saturated rings. The van der Waals surface area contributed by atoms with Crippen LogP contribution >= 0.6 is 0 Å². The number of carbonyl (C=O) groups excluding carboxylic acids is 2. The van der Waals surface area contributed by atoms with Crippen LogP contribution in [-0.2, 0) is 47.5 Å². The lowest BCUT2D eigenvalue weighted by Crippen LogP contribution is -2.15. The Morgan fingerprint density at radius 1 is 0.444 bits per heavy atom. The van der Waals surface area contributed by atoms with Crippen molar-refractivity contribution in [1.29, 1.82) is 0 Å². The van der Waals surface area contributed by atoms with Crippen LogP contribution in [0.25, 0.3) is 0 Å². The quantitative estimate of drug-likeness (QED) is 0.107. The van der Waals surface area contributed by atoms with Gasteiger partial charge in [0.05, 0.1) is 79.3 Å². The molecule has 214 valence electrons. The molecule has 0 aliphatic rings. The summed E-state index contributed by atoms with van der Waals surface area (Å²) in [4.78, 5) is 22.2. The summed E-state index contributed by atoms with van der Waals surface area (Å²) in [6.45, 7) is 9.61. The topological polar surface area (TPSA) is 108 Å². The Kier molecular flexibility index (Phi) is 28.8. The highest BCUT2D eigenvalue weighted by Crippen LogP contribution is 2.08. The first-order valence-corrected chi connectivity index (χ1v) is 13.4. The van der Waals surface area contributed by atoms with Gasteiger partial charge >= 0.3 is 11.9 Å². The molecule has 0 atom stereocenters. The molecule has 10 nitrogen and oxygen atoms in total. The van der Waals surface area contributed by atoms with Crippen LogP contribution in [0.1, 0.15) is 65.2 Å². The van der Waals surface area contributed by atoms with Gasteiger partial charge in [-0.15, -0.1) is 0 Å². The van der Waals surface area contributed by atoms with E-state index >= 15 is 0 Å². The molecule has 0 rings (SSSR count). The maximum atomic E-state index is 11.6. The minimum atomic E-state index is -0.310. The molecule has 0 spiro atoms. The molecule has 0 N–H and O–H groups in total. The Hall–Kier alpha value is -1.30. The molecule has 0 unspecified atom stereocenters. The van der Waals surface area contributed by atoms with Gasteiger partial charge in [-0.1, -0.05) is 45.4 Å². The number of hydrogen-bond donors (Lipinski definition) is 0. The number of unbranched alkanes of at least 4 members (excludes halogenated alkanes) is 6. The van der Waals surface area contributed by atoms with E-state index in [2.05, 4.69) is 6.92 Å². The van der Waals surface area contributed by atoms with Crippen molar-refractivity contribution in [2.45, 2.75) is 65.2 Å². The van der Waals surface area contributed by atoms with Crippen molar-refractivity contribution < 1.29 is 47.5 Å². The van der Waals surface area contributed by atoms with Crippen LogP contribution in [0, 0.1) is 0 Å². The minimum Gasteiger partial charge on any atom is -0.463 e. The Labute approximate surface area is 217 Å². The average Bonchev–Trinajstić information content (AvgIpc) is 2.86. The Morgan fingerprint density at radius 2 is 0.778 bits per heavy atom. The number of esters is 2. The molecule has 0 amide bonds. The number of rotatable bonds is 29. The van der Waals surface area contributed by atoms with Crippen LogP contribution in [0.2, 0.25) is 0 Å². The van der Waals surface area contributed by atoms with Crippen molar-refractivity contribution in [3.63, 3.8) is 0 Å². The van der Waals surface area contributed by atoms with Gasteiger partial charge in [-0.3, -0.25) is 9.59 Å². The van der Waals surface area contributed by atoms with E-state index in [4.69, 9.17) is 37.9 Å². The van der Waals surface area contributed by atoms with Gasteiger partial charge in [-0.2, -0.15) is 0 Å². The highest BCUT2D eigenvalue weighted by molar-refractivity contribution is 5.69. The monoisotopic (exact) mass is 522 g/mol. The molecule has 0 radical (unpaired) electrons. The lowest BCUT2D eigenvalue weighted by atomic mass is 10.1. The zero-order chi connectivity index (χ0) is 26.4. The molecule has 0 aromatic rings. The lowest BCUT2D eigenvalue weighted by Gasteiger charge is -2.08. The molecule has 0 aromatic heterocycles. The van der Waals surface area contributed by atoms with E-state index in [-0.39, 0.29) is 25.2 Å². The molecule has 0 heterocycles. The van der Waals surface area contributed by atoms with E-state index in [0.717, 1.165) is 12.8 Å². The summed E-state index contributed by atoms with van der Waals surface area (Å²) in [6.07, 6.45) is 8.80. The fourth-order valence-corrected chi connectivity index (χ4v) is 2.96. The maximum absolute atomic E-state index is 11.6. The van der Waals surface area contributed by atoms with Gasteiger partial charge in [-0.05, 0) is 6.42 Å². The summed E-state index contributed by atoms with van der Waals surface area (Å²) in [5, 5.41) is 0. The lowest BCUT2D eigenvalue weighted by molar-refractivity contribution is -0.145.